The predicted molar refractivity (Wildman–Crippen MR) is 109 cm³/mol. The molecule has 1 aromatic heterocycles. The molecule has 0 aliphatic carbocycles. The first-order valence-corrected chi connectivity index (χ1v) is 9.67. The van der Waals surface area contributed by atoms with Gasteiger partial charge in [0.2, 0.25) is 0 Å². The van der Waals surface area contributed by atoms with Crippen molar-refractivity contribution in [2.45, 2.75) is 6.92 Å². The van der Waals surface area contributed by atoms with Gasteiger partial charge in [0.15, 0.2) is 5.13 Å². The predicted octanol–water partition coefficient (Wildman–Crippen LogP) is 6.28. The number of nitrogens with one attached hydrogen (secondary N) is 1. The van der Waals surface area contributed by atoms with Gasteiger partial charge in [-0.3, -0.25) is 4.90 Å². The van der Waals surface area contributed by atoms with Gasteiger partial charge in [0, 0.05) is 32.7 Å². The van der Waals surface area contributed by atoms with Crippen molar-refractivity contribution in [2.75, 3.05) is 16.8 Å². The van der Waals surface area contributed by atoms with E-state index in [1.807, 2.05) is 36.6 Å². The SMILES string of the molecule is CCN(C(=O)Nc1ccc(Cl)cc1)c1nc(-c2ccc(Br)cc2)cs1. The van der Waals surface area contributed by atoms with Gasteiger partial charge in [-0.2, -0.15) is 0 Å². The molecule has 0 saturated heterocycles. The van der Waals surface area contributed by atoms with Crippen LogP contribution in [0.2, 0.25) is 5.02 Å². The third-order valence-electron chi connectivity index (χ3n) is 3.52. The van der Waals surface area contributed by atoms with E-state index >= 15 is 0 Å². The number of urea groups is 1. The standard InChI is InChI=1S/C18H15BrClN3OS/c1-2-23(17(24)21-15-9-7-14(20)8-10-15)18-22-16(11-25-18)12-3-5-13(19)6-4-12/h3-11H,2H2,1H3,(H,21,24). The number of halogens is 2. The number of carbonyl (C=O) groups excluding carboxylic acids is 1. The highest BCUT2D eigenvalue weighted by Crippen LogP contribution is 2.28. The van der Waals surface area contributed by atoms with Crippen LogP contribution in [0.15, 0.2) is 58.4 Å². The molecule has 0 aliphatic heterocycles. The first-order valence-electron chi connectivity index (χ1n) is 7.62. The largest absolute Gasteiger partial charge is 0.328 e. The summed E-state index contributed by atoms with van der Waals surface area (Å²) in [5.74, 6) is 0. The van der Waals surface area contributed by atoms with Crippen LogP contribution >= 0.6 is 38.9 Å². The number of nitrogens with zero attached hydrogens (tertiary/aromatic N) is 2. The molecule has 1 heterocycles. The van der Waals surface area contributed by atoms with Gasteiger partial charge in [-0.15, -0.1) is 11.3 Å². The molecular formula is C18H15BrClN3OS. The van der Waals surface area contributed by atoms with E-state index in [-0.39, 0.29) is 6.03 Å². The highest BCUT2D eigenvalue weighted by Gasteiger charge is 2.18. The quantitative estimate of drug-likeness (QED) is 0.523. The second kappa shape index (κ2) is 7.99. The van der Waals surface area contributed by atoms with Crippen LogP contribution in [0.5, 0.6) is 0 Å². The van der Waals surface area contributed by atoms with Gasteiger partial charge in [0.25, 0.3) is 0 Å². The van der Waals surface area contributed by atoms with Gasteiger partial charge in [-0.1, -0.05) is 39.7 Å². The molecule has 0 bridgehead atoms. The summed E-state index contributed by atoms with van der Waals surface area (Å²) in [6, 6.07) is 14.7. The number of thiazole rings is 1. The van der Waals surface area contributed by atoms with Gasteiger partial charge in [0.05, 0.1) is 5.69 Å². The van der Waals surface area contributed by atoms with Crippen LogP contribution in [0, 0.1) is 0 Å². The number of benzene rings is 2. The van der Waals surface area contributed by atoms with Crippen molar-refractivity contribution in [3.8, 4) is 11.3 Å². The summed E-state index contributed by atoms with van der Waals surface area (Å²) in [4.78, 5) is 18.8. The normalized spacial score (nSPS) is 10.5. The molecule has 128 valence electrons. The molecule has 0 spiro atoms. The molecule has 0 radical (unpaired) electrons. The van der Waals surface area contributed by atoms with Crippen molar-refractivity contribution in [1.82, 2.24) is 4.98 Å². The van der Waals surface area contributed by atoms with E-state index in [2.05, 4.69) is 26.2 Å². The molecule has 1 N–H and O–H groups in total. The van der Waals surface area contributed by atoms with Gasteiger partial charge in [-0.05, 0) is 43.3 Å². The minimum atomic E-state index is -0.221. The number of amides is 2. The van der Waals surface area contributed by atoms with Crippen LogP contribution < -0.4 is 10.2 Å². The third kappa shape index (κ3) is 4.39. The molecule has 2 amide bonds. The fraction of sp³-hybridized carbons (Fsp3) is 0.111. The molecule has 0 fully saturated rings. The zero-order chi connectivity index (χ0) is 17.8. The van der Waals surface area contributed by atoms with Crippen molar-refractivity contribution < 1.29 is 4.79 Å². The Hall–Kier alpha value is -1.89. The Labute approximate surface area is 163 Å². The minimum absolute atomic E-state index is 0.221. The zero-order valence-corrected chi connectivity index (χ0v) is 16.5. The van der Waals surface area contributed by atoms with Crippen LogP contribution in [0.4, 0.5) is 15.6 Å². The van der Waals surface area contributed by atoms with E-state index in [0.717, 1.165) is 15.7 Å². The molecule has 0 saturated carbocycles. The second-order valence-corrected chi connectivity index (χ2v) is 7.39. The van der Waals surface area contributed by atoms with E-state index in [9.17, 15) is 4.79 Å². The number of anilines is 2. The van der Waals surface area contributed by atoms with Crippen molar-refractivity contribution >= 4 is 55.7 Å². The summed E-state index contributed by atoms with van der Waals surface area (Å²) in [5, 5.41) is 6.11. The summed E-state index contributed by atoms with van der Waals surface area (Å²) in [6.45, 7) is 2.44. The lowest BCUT2D eigenvalue weighted by molar-refractivity contribution is 0.257. The number of rotatable bonds is 4. The molecular weight excluding hydrogens is 422 g/mol. The molecule has 2 aromatic carbocycles. The van der Waals surface area contributed by atoms with Gasteiger partial charge >= 0.3 is 6.03 Å². The number of hydrogen-bond donors (Lipinski definition) is 1. The van der Waals surface area contributed by atoms with Crippen LogP contribution in [0.1, 0.15) is 6.92 Å². The Morgan fingerprint density at radius 1 is 1.20 bits per heavy atom. The molecule has 7 heteroatoms. The molecule has 0 aliphatic rings. The van der Waals surface area contributed by atoms with Crippen LogP contribution in [0.25, 0.3) is 11.3 Å². The molecule has 0 atom stereocenters. The molecule has 3 rings (SSSR count). The van der Waals surface area contributed by atoms with E-state index in [4.69, 9.17) is 11.6 Å². The maximum absolute atomic E-state index is 12.6. The summed E-state index contributed by atoms with van der Waals surface area (Å²) < 4.78 is 1.02. The average Bonchev–Trinajstić information content (AvgIpc) is 3.08. The molecule has 4 nitrogen and oxygen atoms in total. The lowest BCUT2D eigenvalue weighted by atomic mass is 10.2. The lowest BCUT2D eigenvalue weighted by Crippen LogP contribution is -2.34. The maximum atomic E-state index is 12.6. The summed E-state index contributed by atoms with van der Waals surface area (Å²) >= 11 is 10.7. The number of aromatic nitrogens is 1. The van der Waals surface area contributed by atoms with Crippen LogP contribution in [-0.2, 0) is 0 Å². The number of carbonyl (C=O) groups is 1. The lowest BCUT2D eigenvalue weighted by Gasteiger charge is -2.18. The molecule has 0 unspecified atom stereocenters. The van der Waals surface area contributed by atoms with Gasteiger partial charge < -0.3 is 5.32 Å². The Morgan fingerprint density at radius 2 is 1.88 bits per heavy atom. The van der Waals surface area contributed by atoms with E-state index in [1.54, 1.807) is 29.2 Å². The van der Waals surface area contributed by atoms with Crippen molar-refractivity contribution in [3.05, 3.63) is 63.4 Å². The van der Waals surface area contributed by atoms with Gasteiger partial charge in [0.1, 0.15) is 0 Å². The van der Waals surface area contributed by atoms with Crippen LogP contribution in [-0.4, -0.2) is 17.6 Å². The Bertz CT molecular complexity index is 865. The van der Waals surface area contributed by atoms with E-state index < -0.39 is 0 Å². The van der Waals surface area contributed by atoms with Gasteiger partial charge in [-0.25, -0.2) is 9.78 Å². The topological polar surface area (TPSA) is 45.2 Å². The average molecular weight is 437 g/mol. The van der Waals surface area contributed by atoms with Crippen molar-refractivity contribution in [1.29, 1.82) is 0 Å². The fourth-order valence-corrected chi connectivity index (χ4v) is 3.52. The van der Waals surface area contributed by atoms with Crippen molar-refractivity contribution in [3.63, 3.8) is 0 Å². The van der Waals surface area contributed by atoms with E-state index in [1.165, 1.54) is 11.3 Å². The zero-order valence-electron chi connectivity index (χ0n) is 13.4. The summed E-state index contributed by atoms with van der Waals surface area (Å²) in [5.41, 5.74) is 2.56. The fourth-order valence-electron chi connectivity index (χ4n) is 2.23. The monoisotopic (exact) mass is 435 g/mol. The minimum Gasteiger partial charge on any atom is -0.307 e. The third-order valence-corrected chi connectivity index (χ3v) is 5.16. The first-order chi connectivity index (χ1) is 12.1. The Morgan fingerprint density at radius 3 is 2.52 bits per heavy atom. The smallest absolute Gasteiger partial charge is 0.307 e. The van der Waals surface area contributed by atoms with Crippen LogP contribution in [0.3, 0.4) is 0 Å². The molecule has 25 heavy (non-hydrogen) atoms. The highest BCUT2D eigenvalue weighted by molar-refractivity contribution is 9.10. The van der Waals surface area contributed by atoms with Crippen molar-refractivity contribution in [2.24, 2.45) is 0 Å². The second-order valence-electron chi connectivity index (χ2n) is 5.20. The summed E-state index contributed by atoms with van der Waals surface area (Å²) in [7, 11) is 0. The maximum Gasteiger partial charge on any atom is 0.328 e. The van der Waals surface area contributed by atoms with E-state index in [0.29, 0.717) is 22.4 Å². The number of hydrogen-bond acceptors (Lipinski definition) is 3. The Balaban J connectivity index is 1.77. The highest BCUT2D eigenvalue weighted by atomic mass is 79.9. The first kappa shape index (κ1) is 17.9. The Kier molecular flexibility index (Phi) is 5.73. The molecule has 3 aromatic rings. The summed E-state index contributed by atoms with van der Waals surface area (Å²) in [6.07, 6.45) is 0.